The molecule has 6 nitrogen and oxygen atoms in total. The van der Waals surface area contributed by atoms with Crippen molar-refractivity contribution < 1.29 is 13.9 Å². The second kappa shape index (κ2) is 8.36. The maximum atomic E-state index is 13.6. The summed E-state index contributed by atoms with van der Waals surface area (Å²) in [4.78, 5) is 28.3. The minimum absolute atomic E-state index is 0.212. The number of carbonyl (C=O) groups is 1. The number of hydrogen-bond acceptors (Lipinski definition) is 4. The zero-order valence-corrected chi connectivity index (χ0v) is 17.1. The van der Waals surface area contributed by atoms with Gasteiger partial charge in [-0.1, -0.05) is 48.5 Å². The molecule has 1 aliphatic rings. The molecule has 0 N–H and O–H groups in total. The fraction of sp³-hybridized carbons (Fsp3) is 0.160. The van der Waals surface area contributed by atoms with Gasteiger partial charge in [-0.3, -0.25) is 9.59 Å². The Morgan fingerprint density at radius 3 is 2.38 bits per heavy atom. The molecule has 7 heteroatoms. The highest BCUT2D eigenvalue weighted by Gasteiger charge is 2.29. The molecule has 0 aliphatic carbocycles. The van der Waals surface area contributed by atoms with Crippen molar-refractivity contribution in [3.63, 3.8) is 0 Å². The van der Waals surface area contributed by atoms with E-state index in [4.69, 9.17) is 4.74 Å². The molecule has 1 saturated heterocycles. The third kappa shape index (κ3) is 3.67. The van der Waals surface area contributed by atoms with Crippen LogP contribution in [0.2, 0.25) is 0 Å². The van der Waals surface area contributed by atoms with E-state index in [0.717, 1.165) is 5.56 Å². The highest BCUT2D eigenvalue weighted by molar-refractivity contribution is 6.04. The second-order valence-electron chi connectivity index (χ2n) is 7.61. The fourth-order valence-corrected chi connectivity index (χ4v) is 3.95. The van der Waals surface area contributed by atoms with E-state index in [2.05, 4.69) is 5.10 Å². The molecule has 1 aliphatic heterocycles. The van der Waals surface area contributed by atoms with Crippen LogP contribution in [0, 0.1) is 5.82 Å². The number of para-hydroxylation sites is 1. The largest absolute Gasteiger partial charge is 0.370 e. The molecule has 0 radical (unpaired) electrons. The molecule has 3 aromatic carbocycles. The lowest BCUT2D eigenvalue weighted by molar-refractivity contribution is -0.0230. The van der Waals surface area contributed by atoms with E-state index in [1.165, 1.54) is 16.8 Å². The fourth-order valence-electron chi connectivity index (χ4n) is 3.95. The standard InChI is InChI=1S/C25H20FN3O3/c26-18-12-10-17(11-13-18)22-16-28(14-15-32-22)25(31)23-20-8-4-5-9-21(20)24(30)29(27-23)19-6-2-1-3-7-19/h1-13,22H,14-16H2. The number of nitrogens with zero attached hydrogens (tertiary/aromatic N) is 3. The Balaban J connectivity index is 1.55. The Hall–Kier alpha value is -3.84. The molecule has 0 spiro atoms. The van der Waals surface area contributed by atoms with Crippen LogP contribution in [0.4, 0.5) is 4.39 Å². The first-order valence-electron chi connectivity index (χ1n) is 10.4. The number of halogens is 1. The van der Waals surface area contributed by atoms with Crippen molar-refractivity contribution in [3.8, 4) is 5.69 Å². The number of ether oxygens (including phenoxy) is 1. The predicted molar refractivity (Wildman–Crippen MR) is 118 cm³/mol. The summed E-state index contributed by atoms with van der Waals surface area (Å²) < 4.78 is 20.4. The van der Waals surface area contributed by atoms with Gasteiger partial charge in [0, 0.05) is 11.9 Å². The van der Waals surface area contributed by atoms with Crippen LogP contribution in [0.25, 0.3) is 16.5 Å². The van der Waals surface area contributed by atoms with E-state index in [-0.39, 0.29) is 29.1 Å². The molecule has 160 valence electrons. The number of rotatable bonds is 3. The summed E-state index contributed by atoms with van der Waals surface area (Å²) >= 11 is 0. The molecular weight excluding hydrogens is 409 g/mol. The van der Waals surface area contributed by atoms with E-state index < -0.39 is 0 Å². The van der Waals surface area contributed by atoms with Crippen molar-refractivity contribution in [2.45, 2.75) is 6.10 Å². The third-order valence-electron chi connectivity index (χ3n) is 5.60. The van der Waals surface area contributed by atoms with Crippen LogP contribution in [0.5, 0.6) is 0 Å². The van der Waals surface area contributed by atoms with Gasteiger partial charge in [0.05, 0.1) is 24.2 Å². The van der Waals surface area contributed by atoms with Gasteiger partial charge < -0.3 is 9.64 Å². The zero-order valence-electron chi connectivity index (χ0n) is 17.1. The summed E-state index contributed by atoms with van der Waals surface area (Å²) in [5.74, 6) is -0.599. The number of fused-ring (bicyclic) bond motifs is 1. The SMILES string of the molecule is O=C(c1nn(-c2ccccc2)c(=O)c2ccccc12)N1CCOC(c2ccc(F)cc2)C1. The number of benzene rings is 3. The van der Waals surface area contributed by atoms with Crippen LogP contribution in [0.15, 0.2) is 83.7 Å². The van der Waals surface area contributed by atoms with E-state index in [9.17, 15) is 14.0 Å². The average molecular weight is 429 g/mol. The molecule has 1 fully saturated rings. The number of carbonyl (C=O) groups excluding carboxylic acids is 1. The lowest BCUT2D eigenvalue weighted by Crippen LogP contribution is -2.43. The molecular formula is C25H20FN3O3. The minimum Gasteiger partial charge on any atom is -0.370 e. The van der Waals surface area contributed by atoms with Crippen LogP contribution in [0.1, 0.15) is 22.2 Å². The van der Waals surface area contributed by atoms with Crippen molar-refractivity contribution in [1.29, 1.82) is 0 Å². The van der Waals surface area contributed by atoms with Crippen molar-refractivity contribution in [3.05, 3.63) is 106 Å². The molecule has 32 heavy (non-hydrogen) atoms. The maximum absolute atomic E-state index is 13.6. The lowest BCUT2D eigenvalue weighted by atomic mass is 10.1. The van der Waals surface area contributed by atoms with Gasteiger partial charge in [-0.25, -0.2) is 4.39 Å². The smallest absolute Gasteiger partial charge is 0.279 e. The van der Waals surface area contributed by atoms with Crippen LogP contribution in [-0.4, -0.2) is 40.3 Å². The van der Waals surface area contributed by atoms with Crippen molar-refractivity contribution in [2.75, 3.05) is 19.7 Å². The van der Waals surface area contributed by atoms with Crippen LogP contribution < -0.4 is 5.56 Å². The summed E-state index contributed by atoms with van der Waals surface area (Å²) in [7, 11) is 0. The second-order valence-corrected chi connectivity index (χ2v) is 7.61. The van der Waals surface area contributed by atoms with Gasteiger partial charge in [0.1, 0.15) is 11.9 Å². The molecule has 1 unspecified atom stereocenters. The molecule has 0 bridgehead atoms. The number of amides is 1. The highest BCUT2D eigenvalue weighted by Crippen LogP contribution is 2.25. The van der Waals surface area contributed by atoms with E-state index in [1.807, 2.05) is 18.2 Å². The first-order chi connectivity index (χ1) is 15.6. The van der Waals surface area contributed by atoms with E-state index in [0.29, 0.717) is 36.2 Å². The van der Waals surface area contributed by atoms with Crippen molar-refractivity contribution in [2.24, 2.45) is 0 Å². The number of morpholine rings is 1. The molecule has 2 heterocycles. The number of hydrogen-bond donors (Lipinski definition) is 0. The molecule has 1 atom stereocenters. The van der Waals surface area contributed by atoms with Gasteiger partial charge in [-0.15, -0.1) is 0 Å². The molecule has 4 aromatic rings. The van der Waals surface area contributed by atoms with Gasteiger partial charge in [0.25, 0.3) is 11.5 Å². The summed E-state index contributed by atoms with van der Waals surface area (Å²) in [5, 5.41) is 5.42. The van der Waals surface area contributed by atoms with Crippen LogP contribution in [-0.2, 0) is 4.74 Å². The highest BCUT2D eigenvalue weighted by atomic mass is 19.1. The minimum atomic E-state index is -0.361. The van der Waals surface area contributed by atoms with Gasteiger partial charge in [0.15, 0.2) is 5.69 Å². The summed E-state index contributed by atoms with van der Waals surface area (Å²) in [6.07, 6.45) is -0.361. The van der Waals surface area contributed by atoms with Crippen LogP contribution in [0.3, 0.4) is 0 Å². The molecule has 1 aromatic heterocycles. The Kier molecular flexibility index (Phi) is 5.25. The monoisotopic (exact) mass is 429 g/mol. The van der Waals surface area contributed by atoms with Crippen molar-refractivity contribution >= 4 is 16.7 Å². The topological polar surface area (TPSA) is 64.4 Å². The summed E-state index contributed by atoms with van der Waals surface area (Å²) in [6.45, 7) is 1.06. The Morgan fingerprint density at radius 2 is 1.62 bits per heavy atom. The first kappa shape index (κ1) is 20.1. The Labute approximate surface area is 183 Å². The summed E-state index contributed by atoms with van der Waals surface area (Å²) in [5.41, 5.74) is 1.32. The first-order valence-corrected chi connectivity index (χ1v) is 10.4. The zero-order chi connectivity index (χ0) is 22.1. The third-order valence-corrected chi connectivity index (χ3v) is 5.60. The van der Waals surface area contributed by atoms with Gasteiger partial charge in [-0.05, 0) is 35.9 Å². The quantitative estimate of drug-likeness (QED) is 0.498. The lowest BCUT2D eigenvalue weighted by Gasteiger charge is -2.33. The van der Waals surface area contributed by atoms with Gasteiger partial charge in [-0.2, -0.15) is 9.78 Å². The molecule has 5 rings (SSSR count). The van der Waals surface area contributed by atoms with Gasteiger partial charge >= 0.3 is 0 Å². The average Bonchev–Trinajstić information content (AvgIpc) is 2.85. The van der Waals surface area contributed by atoms with Gasteiger partial charge in [0.2, 0.25) is 0 Å². The van der Waals surface area contributed by atoms with E-state index in [1.54, 1.807) is 53.4 Å². The summed E-state index contributed by atoms with van der Waals surface area (Å²) in [6, 6.07) is 22.1. The molecule has 0 saturated carbocycles. The Bertz CT molecular complexity index is 1340. The maximum Gasteiger partial charge on any atom is 0.279 e. The van der Waals surface area contributed by atoms with Crippen LogP contribution >= 0.6 is 0 Å². The number of aromatic nitrogens is 2. The molecule has 1 amide bonds. The predicted octanol–water partition coefficient (Wildman–Crippen LogP) is 3.74. The Morgan fingerprint density at radius 1 is 0.938 bits per heavy atom. The van der Waals surface area contributed by atoms with E-state index >= 15 is 0 Å². The normalized spacial score (nSPS) is 16.3. The van der Waals surface area contributed by atoms with Crippen molar-refractivity contribution in [1.82, 2.24) is 14.7 Å².